The Labute approximate surface area is 146 Å². The number of aliphatic hydroxyl groups excluding tert-OH is 2. The average molecular weight is 374 g/mol. The van der Waals surface area contributed by atoms with Gasteiger partial charge in [-0.15, -0.1) is 0 Å². The Morgan fingerprint density at radius 2 is 1.92 bits per heavy atom. The van der Waals surface area contributed by atoms with Crippen LogP contribution in [0.5, 0.6) is 0 Å². The highest BCUT2D eigenvalue weighted by molar-refractivity contribution is 7.54. The predicted octanol–water partition coefficient (Wildman–Crippen LogP) is 1.42. The molecule has 0 amide bonds. The minimum absolute atomic E-state index is 0.116. The standard InChI is InChI=1S/C16H23O8P/c1-3-21-25(19)16(10-7-5-4-6-8-10)24-14-11(9-22-25)23-15(20-2)13(18)12(14)17/h4-8,11-18H,3,9H2,1-2H3/t11-,12-,13-,14-,15+,16?,25?/m1/s1. The van der Waals surface area contributed by atoms with Gasteiger partial charge in [0, 0.05) is 7.11 Å². The Hall–Kier alpha value is -0.830. The predicted molar refractivity (Wildman–Crippen MR) is 86.9 cm³/mol. The highest BCUT2D eigenvalue weighted by atomic mass is 31.2. The first kappa shape index (κ1) is 18.9. The van der Waals surface area contributed by atoms with E-state index < -0.39 is 44.1 Å². The molecule has 2 aliphatic rings. The van der Waals surface area contributed by atoms with Crippen molar-refractivity contribution in [1.29, 1.82) is 0 Å². The summed E-state index contributed by atoms with van der Waals surface area (Å²) in [5.74, 6) is -1.03. The van der Waals surface area contributed by atoms with Crippen LogP contribution in [0.4, 0.5) is 0 Å². The highest BCUT2D eigenvalue weighted by Gasteiger charge is 2.52. The van der Waals surface area contributed by atoms with Crippen molar-refractivity contribution in [2.75, 3.05) is 20.3 Å². The van der Waals surface area contributed by atoms with Crippen LogP contribution in [0.1, 0.15) is 18.3 Å². The lowest BCUT2D eigenvalue weighted by Gasteiger charge is -2.41. The van der Waals surface area contributed by atoms with Crippen LogP contribution in [0.15, 0.2) is 30.3 Å². The smallest absolute Gasteiger partial charge is 0.363 e. The third-order valence-electron chi connectivity index (χ3n) is 4.26. The summed E-state index contributed by atoms with van der Waals surface area (Å²) < 4.78 is 40.8. The first-order valence-corrected chi connectivity index (χ1v) is 9.75. The summed E-state index contributed by atoms with van der Waals surface area (Å²) in [5.41, 5.74) is 0.593. The molecular formula is C16H23O8P. The van der Waals surface area contributed by atoms with Gasteiger partial charge >= 0.3 is 7.60 Å². The second-order valence-corrected chi connectivity index (χ2v) is 7.94. The molecule has 9 heteroatoms. The number of rotatable bonds is 4. The molecule has 2 heterocycles. The molecule has 0 spiro atoms. The summed E-state index contributed by atoms with van der Waals surface area (Å²) in [4.78, 5) is 0. The molecule has 3 rings (SSSR count). The van der Waals surface area contributed by atoms with E-state index in [0.29, 0.717) is 5.56 Å². The molecule has 8 nitrogen and oxygen atoms in total. The number of ether oxygens (including phenoxy) is 3. The minimum atomic E-state index is -3.67. The second-order valence-electron chi connectivity index (χ2n) is 5.88. The third kappa shape index (κ3) is 3.67. The fraction of sp³-hybridized carbons (Fsp3) is 0.625. The zero-order valence-electron chi connectivity index (χ0n) is 14.1. The van der Waals surface area contributed by atoms with Crippen molar-refractivity contribution in [3.05, 3.63) is 35.9 Å². The van der Waals surface area contributed by atoms with Crippen LogP contribution >= 0.6 is 7.60 Å². The van der Waals surface area contributed by atoms with Crippen LogP contribution in [0.3, 0.4) is 0 Å². The van der Waals surface area contributed by atoms with Gasteiger partial charge in [-0.25, -0.2) is 0 Å². The third-order valence-corrected chi connectivity index (χ3v) is 6.38. The summed E-state index contributed by atoms with van der Waals surface area (Å²) in [6.45, 7) is 1.76. The molecule has 7 atom stereocenters. The maximum atomic E-state index is 13.3. The lowest BCUT2D eigenvalue weighted by molar-refractivity contribution is -0.299. The Morgan fingerprint density at radius 3 is 2.56 bits per heavy atom. The molecule has 0 radical (unpaired) electrons. The van der Waals surface area contributed by atoms with E-state index in [1.54, 1.807) is 31.2 Å². The Bertz CT molecular complexity index is 611. The molecule has 1 aromatic carbocycles. The van der Waals surface area contributed by atoms with E-state index >= 15 is 0 Å². The van der Waals surface area contributed by atoms with Gasteiger partial charge in [-0.2, -0.15) is 0 Å². The zero-order valence-corrected chi connectivity index (χ0v) is 15.0. The summed E-state index contributed by atoms with van der Waals surface area (Å²) in [6, 6.07) is 8.86. The number of hydrogen-bond donors (Lipinski definition) is 2. The van der Waals surface area contributed by atoms with Gasteiger partial charge in [-0.1, -0.05) is 30.3 Å². The Kier molecular flexibility index (Phi) is 5.92. The van der Waals surface area contributed by atoms with Gasteiger partial charge in [-0.3, -0.25) is 4.57 Å². The fourth-order valence-corrected chi connectivity index (χ4v) is 4.92. The van der Waals surface area contributed by atoms with Crippen LogP contribution in [-0.2, 0) is 27.8 Å². The van der Waals surface area contributed by atoms with E-state index in [9.17, 15) is 14.8 Å². The van der Waals surface area contributed by atoms with Crippen molar-refractivity contribution >= 4 is 7.60 Å². The van der Waals surface area contributed by atoms with Gasteiger partial charge in [0.25, 0.3) is 0 Å². The lowest BCUT2D eigenvalue weighted by atomic mass is 9.99. The van der Waals surface area contributed by atoms with Crippen LogP contribution in [0.2, 0.25) is 0 Å². The summed E-state index contributed by atoms with van der Waals surface area (Å²) in [6.07, 6.45) is -5.31. The number of methoxy groups -OCH3 is 1. The summed E-state index contributed by atoms with van der Waals surface area (Å²) in [7, 11) is -2.31. The topological polar surface area (TPSA) is 104 Å². The van der Waals surface area contributed by atoms with E-state index in [0.717, 1.165) is 0 Å². The van der Waals surface area contributed by atoms with Crippen molar-refractivity contribution in [2.24, 2.45) is 0 Å². The van der Waals surface area contributed by atoms with Gasteiger partial charge in [0.15, 0.2) is 12.1 Å². The molecule has 0 aliphatic carbocycles. The highest BCUT2D eigenvalue weighted by Crippen LogP contribution is 2.63. The monoisotopic (exact) mass is 374 g/mol. The van der Waals surface area contributed by atoms with E-state index in [1.165, 1.54) is 7.11 Å². The average Bonchev–Trinajstić information content (AvgIpc) is 2.76. The number of hydrogen-bond acceptors (Lipinski definition) is 8. The maximum absolute atomic E-state index is 13.3. The van der Waals surface area contributed by atoms with Crippen LogP contribution < -0.4 is 0 Å². The van der Waals surface area contributed by atoms with Crippen molar-refractivity contribution in [1.82, 2.24) is 0 Å². The quantitative estimate of drug-likeness (QED) is 0.763. The molecule has 0 aromatic heterocycles. The van der Waals surface area contributed by atoms with E-state index in [4.69, 9.17) is 23.3 Å². The molecule has 25 heavy (non-hydrogen) atoms. The molecule has 2 unspecified atom stereocenters. The van der Waals surface area contributed by atoms with Crippen molar-refractivity contribution in [3.8, 4) is 0 Å². The van der Waals surface area contributed by atoms with Crippen molar-refractivity contribution in [2.45, 2.75) is 43.5 Å². The Morgan fingerprint density at radius 1 is 1.20 bits per heavy atom. The molecule has 0 bridgehead atoms. The van der Waals surface area contributed by atoms with E-state index in [1.807, 2.05) is 6.07 Å². The minimum Gasteiger partial charge on any atom is -0.387 e. The molecule has 2 aliphatic heterocycles. The molecule has 2 saturated heterocycles. The largest absolute Gasteiger partial charge is 0.387 e. The molecule has 0 saturated carbocycles. The lowest BCUT2D eigenvalue weighted by Crippen LogP contribution is -2.59. The van der Waals surface area contributed by atoms with E-state index in [2.05, 4.69) is 0 Å². The fourth-order valence-electron chi connectivity index (χ4n) is 3.03. The van der Waals surface area contributed by atoms with Gasteiger partial charge in [0.2, 0.25) is 0 Å². The summed E-state index contributed by atoms with van der Waals surface area (Å²) >= 11 is 0. The number of fused-ring (bicyclic) bond motifs is 1. The van der Waals surface area contributed by atoms with Crippen LogP contribution in [0.25, 0.3) is 0 Å². The van der Waals surface area contributed by atoms with Gasteiger partial charge in [0.1, 0.15) is 24.4 Å². The zero-order chi connectivity index (χ0) is 18.0. The van der Waals surface area contributed by atoms with Gasteiger partial charge < -0.3 is 33.5 Å². The van der Waals surface area contributed by atoms with Gasteiger partial charge in [-0.05, 0) is 12.5 Å². The molecule has 2 N–H and O–H groups in total. The van der Waals surface area contributed by atoms with E-state index in [-0.39, 0.29) is 13.2 Å². The molecule has 140 valence electrons. The molecule has 1 aromatic rings. The van der Waals surface area contributed by atoms with Crippen LogP contribution in [-0.4, -0.2) is 61.2 Å². The number of benzene rings is 1. The Balaban J connectivity index is 1.95. The van der Waals surface area contributed by atoms with Gasteiger partial charge in [0.05, 0.1) is 13.2 Å². The maximum Gasteiger partial charge on any atom is 0.363 e. The second kappa shape index (κ2) is 7.82. The first-order chi connectivity index (χ1) is 12.0. The van der Waals surface area contributed by atoms with Crippen molar-refractivity contribution < 1.29 is 38.0 Å². The normalized spacial score (nSPS) is 41.8. The molecular weight excluding hydrogens is 351 g/mol. The SMILES string of the molecule is CCOP1(=O)OC[C@H]2O[C@H](OC)[C@H](O)[C@@H](O)[C@@H]2OC1c1ccccc1. The van der Waals surface area contributed by atoms with Crippen LogP contribution in [0, 0.1) is 0 Å². The van der Waals surface area contributed by atoms with Crippen molar-refractivity contribution in [3.63, 3.8) is 0 Å². The summed E-state index contributed by atoms with van der Waals surface area (Å²) in [5, 5.41) is 20.6. The number of aliphatic hydroxyl groups is 2. The first-order valence-electron chi connectivity index (χ1n) is 8.13. The molecule has 2 fully saturated rings.